The number of esters is 1. The second-order valence-electron chi connectivity index (χ2n) is 7.32. The average molecular weight is 399 g/mol. The summed E-state index contributed by atoms with van der Waals surface area (Å²) in [6.07, 6.45) is 10.8. The van der Waals surface area contributed by atoms with Crippen molar-refractivity contribution in [2.24, 2.45) is 0 Å². The van der Waals surface area contributed by atoms with E-state index in [2.05, 4.69) is 11.4 Å². The Hall–Kier alpha value is -2.76. The molecule has 1 aliphatic carbocycles. The van der Waals surface area contributed by atoms with Crippen molar-refractivity contribution in [1.29, 1.82) is 0 Å². The van der Waals surface area contributed by atoms with Gasteiger partial charge in [-0.2, -0.15) is 0 Å². The van der Waals surface area contributed by atoms with Crippen LogP contribution in [0.3, 0.4) is 0 Å². The lowest BCUT2D eigenvalue weighted by Crippen LogP contribution is -2.36. The molecule has 1 aliphatic heterocycles. The Kier molecular flexibility index (Phi) is 7.73. The van der Waals surface area contributed by atoms with Gasteiger partial charge in [-0.3, -0.25) is 4.79 Å². The number of allylic oxidation sites excluding steroid dienone is 1. The van der Waals surface area contributed by atoms with Crippen molar-refractivity contribution in [3.8, 4) is 11.5 Å². The molecule has 1 aromatic carbocycles. The molecule has 0 bridgehead atoms. The molecule has 6 nitrogen and oxygen atoms in total. The standard InChI is InChI=1S/C23H29NO5/c1-17(23(26)24-13-12-18-6-3-2-4-7-18)29-22(25)11-9-19-8-10-20-21(16-19)28-15-5-14-27-20/h6,8-11,16-17H,2-5,7,12-15H2,1H3,(H,24,26)/b11-9+/t17-/m0/s1. The Balaban J connectivity index is 1.43. The van der Waals surface area contributed by atoms with Gasteiger partial charge in [-0.15, -0.1) is 0 Å². The van der Waals surface area contributed by atoms with E-state index in [4.69, 9.17) is 14.2 Å². The van der Waals surface area contributed by atoms with Crippen LogP contribution in [0.25, 0.3) is 6.08 Å². The van der Waals surface area contributed by atoms with Crippen LogP contribution in [-0.2, 0) is 14.3 Å². The highest BCUT2D eigenvalue weighted by Crippen LogP contribution is 2.30. The van der Waals surface area contributed by atoms with Gasteiger partial charge in [0.15, 0.2) is 17.6 Å². The first-order valence-corrected chi connectivity index (χ1v) is 10.4. The normalized spacial score (nSPS) is 17.2. The quantitative estimate of drug-likeness (QED) is 0.429. The van der Waals surface area contributed by atoms with Gasteiger partial charge in [0.05, 0.1) is 13.2 Å². The number of carbonyl (C=O) groups is 2. The molecule has 6 heteroatoms. The lowest BCUT2D eigenvalue weighted by atomic mass is 9.97. The van der Waals surface area contributed by atoms with E-state index >= 15 is 0 Å². The maximum absolute atomic E-state index is 12.1. The van der Waals surface area contributed by atoms with E-state index < -0.39 is 12.1 Å². The molecule has 2 aliphatic rings. The number of hydrogen-bond acceptors (Lipinski definition) is 5. The third-order valence-electron chi connectivity index (χ3n) is 4.98. The van der Waals surface area contributed by atoms with E-state index in [1.807, 2.05) is 18.2 Å². The third kappa shape index (κ3) is 6.66. The predicted octanol–water partition coefficient (Wildman–Crippen LogP) is 3.80. The summed E-state index contributed by atoms with van der Waals surface area (Å²) < 4.78 is 16.4. The molecule has 0 saturated heterocycles. The van der Waals surface area contributed by atoms with Gasteiger partial charge in [0.1, 0.15) is 0 Å². The summed E-state index contributed by atoms with van der Waals surface area (Å²) in [4.78, 5) is 24.2. The molecule has 1 amide bonds. The molecular weight excluding hydrogens is 370 g/mol. The summed E-state index contributed by atoms with van der Waals surface area (Å²) in [5, 5.41) is 2.84. The fourth-order valence-corrected chi connectivity index (χ4v) is 3.34. The van der Waals surface area contributed by atoms with E-state index in [0.717, 1.165) is 31.2 Å². The highest BCUT2D eigenvalue weighted by molar-refractivity contribution is 5.90. The zero-order valence-electron chi connectivity index (χ0n) is 16.9. The van der Waals surface area contributed by atoms with Crippen molar-refractivity contribution >= 4 is 18.0 Å². The predicted molar refractivity (Wildman–Crippen MR) is 111 cm³/mol. The number of amides is 1. The maximum Gasteiger partial charge on any atom is 0.331 e. The van der Waals surface area contributed by atoms with E-state index in [1.165, 1.54) is 24.5 Å². The van der Waals surface area contributed by atoms with Gasteiger partial charge in [0, 0.05) is 19.0 Å². The van der Waals surface area contributed by atoms with Crippen molar-refractivity contribution in [3.63, 3.8) is 0 Å². The molecule has 0 saturated carbocycles. The molecule has 1 N–H and O–H groups in total. The molecule has 0 fully saturated rings. The molecule has 1 aromatic rings. The SMILES string of the molecule is C[C@H](OC(=O)/C=C/c1ccc2c(c1)OCCCO2)C(=O)NCCC1=CCCCC1. The van der Waals surface area contributed by atoms with Crippen LogP contribution in [0.5, 0.6) is 11.5 Å². The highest BCUT2D eigenvalue weighted by Gasteiger charge is 2.16. The van der Waals surface area contributed by atoms with Gasteiger partial charge in [0.25, 0.3) is 5.91 Å². The highest BCUT2D eigenvalue weighted by atomic mass is 16.5. The zero-order chi connectivity index (χ0) is 20.5. The van der Waals surface area contributed by atoms with Crippen LogP contribution in [0.1, 0.15) is 51.0 Å². The van der Waals surface area contributed by atoms with Crippen LogP contribution in [0, 0.1) is 0 Å². The fraction of sp³-hybridized carbons (Fsp3) is 0.478. The molecule has 1 atom stereocenters. The molecule has 1 heterocycles. The van der Waals surface area contributed by atoms with Crippen LogP contribution < -0.4 is 14.8 Å². The molecule has 156 valence electrons. The smallest absolute Gasteiger partial charge is 0.331 e. The summed E-state index contributed by atoms with van der Waals surface area (Å²) in [5.41, 5.74) is 2.20. The van der Waals surface area contributed by atoms with Crippen LogP contribution in [-0.4, -0.2) is 37.7 Å². The minimum atomic E-state index is -0.837. The van der Waals surface area contributed by atoms with Crippen LogP contribution in [0.4, 0.5) is 0 Å². The van der Waals surface area contributed by atoms with E-state index in [9.17, 15) is 9.59 Å². The van der Waals surface area contributed by atoms with E-state index in [0.29, 0.717) is 31.3 Å². The van der Waals surface area contributed by atoms with Gasteiger partial charge in [-0.1, -0.05) is 17.7 Å². The van der Waals surface area contributed by atoms with Crippen LogP contribution in [0.2, 0.25) is 0 Å². The largest absolute Gasteiger partial charge is 0.490 e. The lowest BCUT2D eigenvalue weighted by Gasteiger charge is -2.15. The lowest BCUT2D eigenvalue weighted by molar-refractivity contribution is -0.150. The molecule has 0 radical (unpaired) electrons. The Labute approximate surface area is 171 Å². The first kappa shape index (κ1) is 21.0. The third-order valence-corrected chi connectivity index (χ3v) is 4.98. The van der Waals surface area contributed by atoms with Gasteiger partial charge in [-0.25, -0.2) is 4.79 Å². The summed E-state index contributed by atoms with van der Waals surface area (Å²) in [6, 6.07) is 5.48. The monoisotopic (exact) mass is 399 g/mol. The Bertz CT molecular complexity index is 783. The minimum absolute atomic E-state index is 0.279. The fourth-order valence-electron chi connectivity index (χ4n) is 3.34. The van der Waals surface area contributed by atoms with Crippen molar-refractivity contribution < 1.29 is 23.8 Å². The van der Waals surface area contributed by atoms with Crippen LogP contribution >= 0.6 is 0 Å². The average Bonchev–Trinajstić information content (AvgIpc) is 2.98. The topological polar surface area (TPSA) is 73.9 Å². The first-order valence-electron chi connectivity index (χ1n) is 10.4. The Morgan fingerprint density at radius 3 is 2.79 bits per heavy atom. The van der Waals surface area contributed by atoms with Gasteiger partial charge in [0.2, 0.25) is 0 Å². The first-order chi connectivity index (χ1) is 14.1. The van der Waals surface area contributed by atoms with Gasteiger partial charge >= 0.3 is 5.97 Å². The molecule has 3 rings (SSSR count). The number of nitrogens with one attached hydrogen (secondary N) is 1. The molecule has 0 aromatic heterocycles. The molecular formula is C23H29NO5. The number of fused-ring (bicyclic) bond motifs is 1. The second kappa shape index (κ2) is 10.7. The number of carbonyl (C=O) groups excluding carboxylic acids is 2. The van der Waals surface area contributed by atoms with Crippen LogP contribution in [0.15, 0.2) is 35.9 Å². The van der Waals surface area contributed by atoms with Gasteiger partial charge in [-0.05, 0) is 62.8 Å². The summed E-state index contributed by atoms with van der Waals surface area (Å²) in [5.74, 6) is 0.531. The van der Waals surface area contributed by atoms with Crippen molar-refractivity contribution in [1.82, 2.24) is 5.32 Å². The molecule has 0 unspecified atom stereocenters. The second-order valence-corrected chi connectivity index (χ2v) is 7.32. The van der Waals surface area contributed by atoms with Crippen molar-refractivity contribution in [2.75, 3.05) is 19.8 Å². The zero-order valence-corrected chi connectivity index (χ0v) is 16.9. The van der Waals surface area contributed by atoms with E-state index in [1.54, 1.807) is 13.0 Å². The summed E-state index contributed by atoms with van der Waals surface area (Å²) >= 11 is 0. The number of ether oxygens (including phenoxy) is 3. The van der Waals surface area contributed by atoms with Crippen molar-refractivity contribution in [2.45, 2.75) is 51.6 Å². The number of rotatable bonds is 7. The number of hydrogen-bond donors (Lipinski definition) is 1. The van der Waals surface area contributed by atoms with Gasteiger partial charge < -0.3 is 19.5 Å². The number of benzene rings is 1. The Morgan fingerprint density at radius 2 is 2.00 bits per heavy atom. The van der Waals surface area contributed by atoms with Crippen molar-refractivity contribution in [3.05, 3.63) is 41.5 Å². The van der Waals surface area contributed by atoms with E-state index in [-0.39, 0.29) is 5.91 Å². The minimum Gasteiger partial charge on any atom is -0.490 e. The Morgan fingerprint density at radius 1 is 1.17 bits per heavy atom. The summed E-state index contributed by atoms with van der Waals surface area (Å²) in [6.45, 7) is 3.38. The summed E-state index contributed by atoms with van der Waals surface area (Å²) in [7, 11) is 0. The molecule has 29 heavy (non-hydrogen) atoms. The maximum atomic E-state index is 12.1. The molecule has 0 spiro atoms.